The second kappa shape index (κ2) is 7.35. The lowest BCUT2D eigenvalue weighted by Gasteiger charge is -2.14. The normalized spacial score (nSPS) is 13.3. The zero-order chi connectivity index (χ0) is 17.2. The molecule has 0 bridgehead atoms. The number of ether oxygens (including phenoxy) is 1. The van der Waals surface area contributed by atoms with Crippen LogP contribution in [0.25, 0.3) is 0 Å². The summed E-state index contributed by atoms with van der Waals surface area (Å²) in [5.41, 5.74) is 0. The maximum atomic E-state index is 12.4. The highest BCUT2D eigenvalue weighted by Crippen LogP contribution is 2.34. The van der Waals surface area contributed by atoms with E-state index in [2.05, 4.69) is 14.9 Å². The van der Waals surface area contributed by atoms with Crippen LogP contribution >= 0.6 is 34.5 Å². The van der Waals surface area contributed by atoms with Gasteiger partial charge >= 0.3 is 6.01 Å². The third-order valence-corrected chi connectivity index (χ3v) is 6.82. The maximum absolute atomic E-state index is 12.4. The summed E-state index contributed by atoms with van der Waals surface area (Å²) in [6, 6.07) is 1.08. The number of nitrogens with one attached hydrogen (secondary N) is 1. The predicted octanol–water partition coefficient (Wildman–Crippen LogP) is 3.10. The van der Waals surface area contributed by atoms with Crippen molar-refractivity contribution in [3.05, 3.63) is 21.2 Å². The van der Waals surface area contributed by atoms with E-state index in [1.807, 2.05) is 13.8 Å². The zero-order valence-corrected chi connectivity index (χ0v) is 15.9. The molecular formula is C12H16Cl2N4O3S2. The molecule has 0 aliphatic rings. The van der Waals surface area contributed by atoms with E-state index in [0.29, 0.717) is 25.0 Å². The minimum atomic E-state index is -3.76. The quantitative estimate of drug-likeness (QED) is 0.773. The van der Waals surface area contributed by atoms with E-state index < -0.39 is 16.1 Å². The number of hydrogen-bond acceptors (Lipinski definition) is 6. The topological polar surface area (TPSA) is 86.1 Å². The molecule has 0 spiro atoms. The molecule has 0 unspecified atom stereocenters. The van der Waals surface area contributed by atoms with Gasteiger partial charge in [-0.15, -0.1) is 16.4 Å². The van der Waals surface area contributed by atoms with Gasteiger partial charge < -0.3 is 4.74 Å². The lowest BCUT2D eigenvalue weighted by molar-refractivity contribution is 0.294. The van der Waals surface area contributed by atoms with Crippen LogP contribution in [0.15, 0.2) is 10.3 Å². The third kappa shape index (κ3) is 3.97. The summed E-state index contributed by atoms with van der Waals surface area (Å²) in [6.45, 7) is 6.42. The van der Waals surface area contributed by atoms with E-state index >= 15 is 0 Å². The third-order valence-electron chi connectivity index (χ3n) is 2.94. The van der Waals surface area contributed by atoms with Crippen LogP contribution in [0.4, 0.5) is 0 Å². The first kappa shape index (κ1) is 18.5. The van der Waals surface area contributed by atoms with Crippen molar-refractivity contribution in [2.45, 2.75) is 37.6 Å². The minimum absolute atomic E-state index is 0.0481. The van der Waals surface area contributed by atoms with Crippen LogP contribution in [0.5, 0.6) is 6.01 Å². The molecule has 7 nitrogen and oxygen atoms in total. The van der Waals surface area contributed by atoms with Gasteiger partial charge in [-0.05, 0) is 26.8 Å². The van der Waals surface area contributed by atoms with Crippen LogP contribution in [-0.4, -0.2) is 29.8 Å². The summed E-state index contributed by atoms with van der Waals surface area (Å²) in [6.07, 6.45) is 0. The fourth-order valence-corrected chi connectivity index (χ4v) is 5.05. The highest BCUT2D eigenvalue weighted by atomic mass is 35.5. The molecule has 1 N–H and O–H groups in total. The van der Waals surface area contributed by atoms with Crippen LogP contribution in [0.1, 0.15) is 32.6 Å². The Labute approximate surface area is 148 Å². The molecule has 0 saturated carbocycles. The van der Waals surface area contributed by atoms with Crippen molar-refractivity contribution in [3.8, 4) is 6.01 Å². The maximum Gasteiger partial charge on any atom is 0.316 e. The Morgan fingerprint density at radius 2 is 2.09 bits per heavy atom. The molecule has 128 valence electrons. The molecular weight excluding hydrogens is 383 g/mol. The van der Waals surface area contributed by atoms with Gasteiger partial charge in [-0.3, -0.25) is 4.57 Å². The minimum Gasteiger partial charge on any atom is -0.464 e. The molecule has 0 fully saturated rings. The Morgan fingerprint density at radius 3 is 2.61 bits per heavy atom. The predicted molar refractivity (Wildman–Crippen MR) is 89.9 cm³/mol. The smallest absolute Gasteiger partial charge is 0.316 e. The van der Waals surface area contributed by atoms with Gasteiger partial charge in [0.15, 0.2) is 5.82 Å². The van der Waals surface area contributed by atoms with Crippen LogP contribution in [0.2, 0.25) is 9.36 Å². The van der Waals surface area contributed by atoms with Crippen molar-refractivity contribution in [2.24, 2.45) is 0 Å². The molecule has 11 heteroatoms. The molecule has 0 saturated heterocycles. The first-order chi connectivity index (χ1) is 10.8. The second-order valence-corrected chi connectivity index (χ2v) is 8.55. The van der Waals surface area contributed by atoms with Crippen molar-refractivity contribution < 1.29 is 13.2 Å². The van der Waals surface area contributed by atoms with E-state index in [1.54, 1.807) is 11.5 Å². The van der Waals surface area contributed by atoms with E-state index in [9.17, 15) is 8.42 Å². The Morgan fingerprint density at radius 1 is 1.39 bits per heavy atom. The Kier molecular flexibility index (Phi) is 5.90. The molecule has 2 heterocycles. The second-order valence-electron chi connectivity index (χ2n) is 4.55. The van der Waals surface area contributed by atoms with E-state index in [1.165, 1.54) is 6.07 Å². The fourth-order valence-electron chi connectivity index (χ4n) is 1.96. The van der Waals surface area contributed by atoms with Gasteiger partial charge in [-0.2, -0.15) is 4.72 Å². The highest BCUT2D eigenvalue weighted by Gasteiger charge is 2.25. The van der Waals surface area contributed by atoms with Crippen molar-refractivity contribution >= 4 is 44.6 Å². The number of hydrogen-bond donors (Lipinski definition) is 1. The summed E-state index contributed by atoms with van der Waals surface area (Å²) >= 11 is 12.5. The molecule has 2 rings (SSSR count). The number of sulfonamides is 1. The molecule has 1 atom stereocenters. The van der Waals surface area contributed by atoms with Crippen molar-refractivity contribution in [3.63, 3.8) is 0 Å². The molecule has 0 aliphatic heterocycles. The van der Waals surface area contributed by atoms with Crippen molar-refractivity contribution in [2.75, 3.05) is 6.61 Å². The summed E-state index contributed by atoms with van der Waals surface area (Å²) < 4.78 is 34.7. The Hall–Kier alpha value is -0.870. The monoisotopic (exact) mass is 398 g/mol. The summed E-state index contributed by atoms with van der Waals surface area (Å²) in [5.74, 6) is 0.466. The highest BCUT2D eigenvalue weighted by molar-refractivity contribution is 7.91. The Balaban J connectivity index is 2.26. The molecule has 2 aromatic heterocycles. The van der Waals surface area contributed by atoms with Gasteiger partial charge in [0.1, 0.15) is 8.55 Å². The van der Waals surface area contributed by atoms with Gasteiger partial charge in [0, 0.05) is 6.54 Å². The molecule has 0 radical (unpaired) electrons. The largest absolute Gasteiger partial charge is 0.464 e. The van der Waals surface area contributed by atoms with Crippen LogP contribution in [0, 0.1) is 0 Å². The first-order valence-electron chi connectivity index (χ1n) is 6.83. The SMILES string of the molecule is CCOc1nnc([C@@H](C)NS(=O)(=O)c2cc(Cl)c(Cl)s2)n1CC. The van der Waals surface area contributed by atoms with Crippen LogP contribution in [-0.2, 0) is 16.6 Å². The number of aromatic nitrogens is 3. The summed E-state index contributed by atoms with van der Waals surface area (Å²) in [7, 11) is -3.76. The standard InChI is InChI=1S/C12H16Cl2N4O3S2/c1-4-18-11(15-16-12(18)21-5-2)7(3)17-23(19,20)9-6-8(13)10(14)22-9/h6-7,17H,4-5H2,1-3H3/t7-/m1/s1. The van der Waals surface area contributed by atoms with Gasteiger partial charge in [0.05, 0.1) is 17.7 Å². The number of thiophene rings is 1. The van der Waals surface area contributed by atoms with Gasteiger partial charge in [0.2, 0.25) is 0 Å². The molecule has 2 aromatic rings. The van der Waals surface area contributed by atoms with Crippen molar-refractivity contribution in [1.82, 2.24) is 19.5 Å². The Bertz CT molecular complexity index is 769. The average Bonchev–Trinajstić information content (AvgIpc) is 3.03. The van der Waals surface area contributed by atoms with E-state index in [0.717, 1.165) is 11.3 Å². The summed E-state index contributed by atoms with van der Waals surface area (Å²) in [4.78, 5) is 0. The first-order valence-corrected chi connectivity index (χ1v) is 9.88. The van der Waals surface area contributed by atoms with E-state index in [-0.39, 0.29) is 13.6 Å². The lowest BCUT2D eigenvalue weighted by atomic mass is 10.3. The number of rotatable bonds is 7. The van der Waals surface area contributed by atoms with E-state index in [4.69, 9.17) is 27.9 Å². The molecule has 0 amide bonds. The van der Waals surface area contributed by atoms with Gasteiger partial charge in [0.25, 0.3) is 10.0 Å². The van der Waals surface area contributed by atoms with Crippen LogP contribution < -0.4 is 9.46 Å². The molecule has 23 heavy (non-hydrogen) atoms. The summed E-state index contributed by atoms with van der Waals surface area (Å²) in [5, 5.41) is 8.16. The average molecular weight is 399 g/mol. The molecule has 0 aliphatic carbocycles. The fraction of sp³-hybridized carbons (Fsp3) is 0.500. The van der Waals surface area contributed by atoms with Gasteiger partial charge in [-0.25, -0.2) is 8.42 Å². The number of nitrogens with zero attached hydrogens (tertiary/aromatic N) is 3. The van der Waals surface area contributed by atoms with Crippen molar-refractivity contribution in [1.29, 1.82) is 0 Å². The lowest BCUT2D eigenvalue weighted by Crippen LogP contribution is -2.28. The van der Waals surface area contributed by atoms with Crippen LogP contribution in [0.3, 0.4) is 0 Å². The molecule has 0 aromatic carbocycles. The van der Waals surface area contributed by atoms with Gasteiger partial charge in [-0.1, -0.05) is 28.3 Å². The number of halogens is 2. The zero-order valence-electron chi connectivity index (χ0n) is 12.7.